The van der Waals surface area contributed by atoms with Crippen LogP contribution in [0.2, 0.25) is 0 Å². The van der Waals surface area contributed by atoms with Crippen LogP contribution in [-0.2, 0) is 14.3 Å². The molecule has 1 saturated heterocycles. The van der Waals surface area contributed by atoms with Gasteiger partial charge >= 0.3 is 5.97 Å². The third-order valence-corrected chi connectivity index (χ3v) is 2.73. The van der Waals surface area contributed by atoms with Crippen LogP contribution in [0.5, 0.6) is 0 Å². The van der Waals surface area contributed by atoms with Crippen LogP contribution in [0, 0.1) is 0 Å². The highest BCUT2D eigenvalue weighted by Crippen LogP contribution is 2.10. The van der Waals surface area contributed by atoms with E-state index in [9.17, 15) is 9.59 Å². The Morgan fingerprint density at radius 2 is 2.33 bits per heavy atom. The van der Waals surface area contributed by atoms with E-state index in [1.54, 1.807) is 0 Å². The van der Waals surface area contributed by atoms with Crippen molar-refractivity contribution < 1.29 is 14.3 Å². The Morgan fingerprint density at radius 1 is 1.67 bits per heavy atom. The van der Waals surface area contributed by atoms with Crippen LogP contribution in [0.25, 0.3) is 0 Å². The van der Waals surface area contributed by atoms with Crippen LogP contribution in [0.1, 0.15) is 19.8 Å². The molecule has 0 radical (unpaired) electrons. The number of hydrogen-bond donors (Lipinski definition) is 1. The minimum absolute atomic E-state index is 0.0899. The highest BCUT2D eigenvalue weighted by atomic mass is 16.5. The first-order valence-electron chi connectivity index (χ1n) is 5.12. The first kappa shape index (κ1) is 12.0. The summed E-state index contributed by atoms with van der Waals surface area (Å²) in [6, 6.07) is -0.231. The molecule has 1 aliphatic heterocycles. The number of nitrogens with one attached hydrogen (secondary N) is 1. The molecule has 0 aliphatic carbocycles. The maximum atomic E-state index is 11.7. The monoisotopic (exact) mass is 214 g/mol. The molecule has 5 heteroatoms. The lowest BCUT2D eigenvalue weighted by atomic mass is 10.2. The molecule has 2 atom stereocenters. The fraction of sp³-hybridized carbons (Fsp3) is 0.800. The van der Waals surface area contributed by atoms with E-state index in [4.69, 9.17) is 0 Å². The van der Waals surface area contributed by atoms with E-state index in [-0.39, 0.29) is 24.3 Å². The van der Waals surface area contributed by atoms with Gasteiger partial charge in [0, 0.05) is 12.6 Å². The minimum Gasteiger partial charge on any atom is -0.469 e. The summed E-state index contributed by atoms with van der Waals surface area (Å²) in [7, 11) is 3.19. The summed E-state index contributed by atoms with van der Waals surface area (Å²) in [6.45, 7) is 2.77. The molecule has 2 unspecified atom stereocenters. The molecule has 0 aromatic carbocycles. The zero-order valence-electron chi connectivity index (χ0n) is 9.45. The normalized spacial score (nSPS) is 28.1. The molecule has 1 fully saturated rings. The maximum absolute atomic E-state index is 11.7. The van der Waals surface area contributed by atoms with Crippen LogP contribution in [0.15, 0.2) is 0 Å². The fourth-order valence-corrected chi connectivity index (χ4v) is 1.65. The second-order valence-corrected chi connectivity index (χ2v) is 3.97. The number of rotatable bonds is 2. The van der Waals surface area contributed by atoms with Gasteiger partial charge in [0.2, 0.25) is 5.91 Å². The molecule has 0 spiro atoms. The van der Waals surface area contributed by atoms with Gasteiger partial charge in [0.05, 0.1) is 19.6 Å². The lowest BCUT2D eigenvalue weighted by Gasteiger charge is -2.22. The van der Waals surface area contributed by atoms with Crippen molar-refractivity contribution in [2.75, 3.05) is 20.7 Å². The predicted octanol–water partition coefficient (Wildman–Crippen LogP) is -0.242. The Bertz CT molecular complexity index is 255. The van der Waals surface area contributed by atoms with Crippen molar-refractivity contribution in [2.45, 2.75) is 31.8 Å². The maximum Gasteiger partial charge on any atom is 0.307 e. The predicted molar refractivity (Wildman–Crippen MR) is 55.3 cm³/mol. The molecule has 5 nitrogen and oxygen atoms in total. The molecular formula is C10H18N2O3. The average molecular weight is 214 g/mol. The number of carbonyl (C=O) groups excluding carboxylic acids is 2. The third-order valence-electron chi connectivity index (χ3n) is 2.73. The van der Waals surface area contributed by atoms with Crippen LogP contribution < -0.4 is 5.32 Å². The molecule has 0 aromatic rings. The summed E-state index contributed by atoms with van der Waals surface area (Å²) in [5, 5.41) is 2.86. The van der Waals surface area contributed by atoms with Crippen LogP contribution in [-0.4, -0.2) is 49.6 Å². The standard InChI is InChI=1S/C10H18N2O3/c1-7-4-5-12(2)8(10(14)11-7)6-9(13)15-3/h7-8H,4-6H2,1-3H3,(H,11,14). The van der Waals surface area contributed by atoms with Gasteiger partial charge in [-0.1, -0.05) is 0 Å². The smallest absolute Gasteiger partial charge is 0.307 e. The molecule has 1 amide bonds. The number of esters is 1. The molecule has 1 N–H and O–H groups in total. The van der Waals surface area contributed by atoms with Crippen molar-refractivity contribution in [3.8, 4) is 0 Å². The molecule has 1 rings (SSSR count). The van der Waals surface area contributed by atoms with Gasteiger partial charge in [-0.05, 0) is 20.4 Å². The largest absolute Gasteiger partial charge is 0.469 e. The second kappa shape index (κ2) is 5.11. The molecular weight excluding hydrogens is 196 g/mol. The Balaban J connectivity index is 2.66. The van der Waals surface area contributed by atoms with E-state index >= 15 is 0 Å². The van der Waals surface area contributed by atoms with Crippen molar-refractivity contribution in [3.63, 3.8) is 0 Å². The van der Waals surface area contributed by atoms with Gasteiger partial charge in [-0.25, -0.2) is 0 Å². The molecule has 0 bridgehead atoms. The molecule has 0 aromatic heterocycles. The summed E-state index contributed by atoms with van der Waals surface area (Å²) in [5.41, 5.74) is 0. The van der Waals surface area contributed by atoms with Gasteiger partial charge in [0.15, 0.2) is 0 Å². The van der Waals surface area contributed by atoms with Crippen molar-refractivity contribution >= 4 is 11.9 Å². The van der Waals surface area contributed by atoms with E-state index in [0.29, 0.717) is 0 Å². The summed E-state index contributed by atoms with van der Waals surface area (Å²) < 4.78 is 4.57. The molecule has 86 valence electrons. The Kier molecular flexibility index (Phi) is 4.08. The summed E-state index contributed by atoms with van der Waals surface area (Å²) >= 11 is 0. The Hall–Kier alpha value is -1.10. The number of likely N-dealkylation sites (N-methyl/N-ethyl adjacent to an activating group) is 1. The molecule has 1 aliphatic rings. The van der Waals surface area contributed by atoms with Crippen LogP contribution >= 0.6 is 0 Å². The lowest BCUT2D eigenvalue weighted by molar-refractivity contribution is -0.144. The first-order chi connectivity index (χ1) is 7.04. The van der Waals surface area contributed by atoms with Gasteiger partial charge < -0.3 is 10.1 Å². The average Bonchev–Trinajstić information content (AvgIpc) is 2.31. The number of nitrogens with zero attached hydrogens (tertiary/aromatic N) is 1. The Labute approximate surface area is 89.8 Å². The second-order valence-electron chi connectivity index (χ2n) is 3.97. The van der Waals surface area contributed by atoms with Gasteiger partial charge in [-0.3, -0.25) is 14.5 Å². The highest BCUT2D eigenvalue weighted by Gasteiger charge is 2.29. The van der Waals surface area contributed by atoms with Crippen molar-refractivity contribution in [2.24, 2.45) is 0 Å². The summed E-state index contributed by atoms with van der Waals surface area (Å²) in [5.74, 6) is -0.440. The lowest BCUT2D eigenvalue weighted by Crippen LogP contribution is -2.44. The van der Waals surface area contributed by atoms with Crippen LogP contribution in [0.4, 0.5) is 0 Å². The third kappa shape index (κ3) is 3.20. The molecule has 1 heterocycles. The quantitative estimate of drug-likeness (QED) is 0.644. The van der Waals surface area contributed by atoms with E-state index in [1.165, 1.54) is 7.11 Å². The van der Waals surface area contributed by atoms with E-state index in [0.717, 1.165) is 13.0 Å². The van der Waals surface area contributed by atoms with Crippen LogP contribution in [0.3, 0.4) is 0 Å². The van der Waals surface area contributed by atoms with Crippen molar-refractivity contribution in [1.29, 1.82) is 0 Å². The van der Waals surface area contributed by atoms with Crippen molar-refractivity contribution in [3.05, 3.63) is 0 Å². The zero-order valence-corrected chi connectivity index (χ0v) is 9.45. The molecule has 15 heavy (non-hydrogen) atoms. The minimum atomic E-state index is -0.401. The fourth-order valence-electron chi connectivity index (χ4n) is 1.65. The van der Waals surface area contributed by atoms with Gasteiger partial charge in [0.1, 0.15) is 0 Å². The van der Waals surface area contributed by atoms with Crippen molar-refractivity contribution in [1.82, 2.24) is 10.2 Å². The van der Waals surface area contributed by atoms with Gasteiger partial charge in [0.25, 0.3) is 0 Å². The Morgan fingerprint density at radius 3 is 2.93 bits per heavy atom. The van der Waals surface area contributed by atoms with E-state index < -0.39 is 6.04 Å². The van der Waals surface area contributed by atoms with Gasteiger partial charge in [-0.2, -0.15) is 0 Å². The summed E-state index contributed by atoms with van der Waals surface area (Å²) in [6.07, 6.45) is 1.02. The number of amides is 1. The van der Waals surface area contributed by atoms with Gasteiger partial charge in [-0.15, -0.1) is 0 Å². The topological polar surface area (TPSA) is 58.6 Å². The zero-order chi connectivity index (χ0) is 11.4. The number of methoxy groups -OCH3 is 1. The SMILES string of the molecule is COC(=O)CC1C(=O)NC(C)CCN1C. The highest BCUT2D eigenvalue weighted by molar-refractivity contribution is 5.86. The first-order valence-corrected chi connectivity index (χ1v) is 5.12. The number of ether oxygens (including phenoxy) is 1. The summed E-state index contributed by atoms with van der Waals surface area (Å²) in [4.78, 5) is 24.8. The number of carbonyl (C=O) groups is 2. The van der Waals surface area contributed by atoms with E-state index in [1.807, 2.05) is 18.9 Å². The number of hydrogen-bond acceptors (Lipinski definition) is 4. The molecule has 0 saturated carbocycles. The van der Waals surface area contributed by atoms with E-state index in [2.05, 4.69) is 10.1 Å².